The van der Waals surface area contributed by atoms with Crippen molar-refractivity contribution >= 4 is 27.3 Å². The normalized spacial score (nSPS) is 10.9. The molecule has 9 heteroatoms. The van der Waals surface area contributed by atoms with E-state index in [1.54, 1.807) is 42.5 Å². The van der Waals surface area contributed by atoms with Crippen LogP contribution >= 0.6 is 0 Å². The fraction of sp³-hybridized carbons (Fsp3) is 0.143. The number of hydrogen-bond donors (Lipinski definition) is 1. The molecule has 3 rings (SSSR count). The molecule has 0 unspecified atom stereocenters. The van der Waals surface area contributed by atoms with Gasteiger partial charge in [-0.15, -0.1) is 0 Å². The average molecular weight is 427 g/mol. The number of nitrogens with one attached hydrogen (secondary N) is 1. The molecule has 1 heterocycles. The highest BCUT2D eigenvalue weighted by atomic mass is 32.2. The van der Waals surface area contributed by atoms with Crippen LogP contribution in [0.3, 0.4) is 0 Å². The van der Waals surface area contributed by atoms with Crippen LogP contribution in [-0.2, 0) is 10.0 Å². The second kappa shape index (κ2) is 8.83. The number of aromatic nitrogens is 1. The van der Waals surface area contributed by atoms with E-state index in [1.807, 2.05) is 0 Å². The molecule has 3 aromatic rings. The van der Waals surface area contributed by atoms with Crippen molar-refractivity contribution in [3.05, 3.63) is 72.4 Å². The summed E-state index contributed by atoms with van der Waals surface area (Å²) in [6.45, 7) is 0. The third-order valence-corrected chi connectivity index (χ3v) is 6.18. The lowest BCUT2D eigenvalue weighted by Gasteiger charge is -2.20. The van der Waals surface area contributed by atoms with Crippen molar-refractivity contribution in [2.24, 2.45) is 0 Å². The number of amides is 1. The number of nitrogens with zero attached hydrogens (tertiary/aromatic N) is 2. The van der Waals surface area contributed by atoms with Crippen LogP contribution in [0.25, 0.3) is 0 Å². The summed E-state index contributed by atoms with van der Waals surface area (Å²) in [7, 11) is 0.617. The zero-order chi connectivity index (χ0) is 21.7. The van der Waals surface area contributed by atoms with E-state index in [-0.39, 0.29) is 10.5 Å². The summed E-state index contributed by atoms with van der Waals surface area (Å²) in [5.41, 5.74) is 1.13. The van der Waals surface area contributed by atoms with Gasteiger partial charge in [0.15, 0.2) is 0 Å². The first kappa shape index (κ1) is 21.1. The van der Waals surface area contributed by atoms with Crippen molar-refractivity contribution in [2.75, 3.05) is 30.9 Å². The number of methoxy groups -OCH3 is 2. The standard InChI is InChI=1S/C21H21N3O5S/c1-24(17-8-10-18(28-2)11-9-17)30(26,27)19-6-4-5-15(13-19)21(25)23-16-7-12-20(29-3)22-14-16/h4-14H,1-3H3,(H,23,25). The van der Waals surface area contributed by atoms with E-state index in [4.69, 9.17) is 9.47 Å². The van der Waals surface area contributed by atoms with Crippen molar-refractivity contribution in [3.8, 4) is 11.6 Å². The molecule has 8 nitrogen and oxygen atoms in total. The minimum atomic E-state index is -3.87. The Morgan fingerprint density at radius 1 is 1.00 bits per heavy atom. The van der Waals surface area contributed by atoms with Crippen molar-refractivity contribution in [1.29, 1.82) is 0 Å². The fourth-order valence-electron chi connectivity index (χ4n) is 2.67. The Morgan fingerprint density at radius 3 is 2.33 bits per heavy atom. The van der Waals surface area contributed by atoms with E-state index in [0.717, 1.165) is 4.31 Å². The van der Waals surface area contributed by atoms with Crippen LogP contribution in [0.2, 0.25) is 0 Å². The van der Waals surface area contributed by atoms with Crippen LogP contribution in [0.1, 0.15) is 10.4 Å². The SMILES string of the molecule is COc1ccc(N(C)S(=O)(=O)c2cccc(C(=O)Nc3ccc(OC)nc3)c2)cc1. The van der Waals surface area contributed by atoms with Crippen LogP contribution in [0.15, 0.2) is 71.8 Å². The lowest BCUT2D eigenvalue weighted by Crippen LogP contribution is -2.26. The maximum atomic E-state index is 13.0. The van der Waals surface area contributed by atoms with E-state index in [0.29, 0.717) is 23.0 Å². The Balaban J connectivity index is 1.82. The third kappa shape index (κ3) is 4.52. The van der Waals surface area contributed by atoms with Crippen molar-refractivity contribution in [2.45, 2.75) is 4.90 Å². The number of rotatable bonds is 7. The van der Waals surface area contributed by atoms with Crippen molar-refractivity contribution < 1.29 is 22.7 Å². The number of carbonyl (C=O) groups excluding carboxylic acids is 1. The number of ether oxygens (including phenoxy) is 2. The molecule has 1 amide bonds. The van der Waals surface area contributed by atoms with Gasteiger partial charge in [0.05, 0.1) is 36.7 Å². The Morgan fingerprint density at radius 2 is 1.73 bits per heavy atom. The summed E-state index contributed by atoms with van der Waals surface area (Å²) in [5.74, 6) is 0.588. The number of benzene rings is 2. The van der Waals surface area contributed by atoms with Crippen LogP contribution in [0.4, 0.5) is 11.4 Å². The van der Waals surface area contributed by atoms with Gasteiger partial charge < -0.3 is 14.8 Å². The highest BCUT2D eigenvalue weighted by Gasteiger charge is 2.22. The molecule has 0 bridgehead atoms. The van der Waals surface area contributed by atoms with Gasteiger partial charge in [0.1, 0.15) is 5.75 Å². The minimum absolute atomic E-state index is 0.00123. The van der Waals surface area contributed by atoms with E-state index < -0.39 is 15.9 Å². The summed E-state index contributed by atoms with van der Waals surface area (Å²) >= 11 is 0. The maximum Gasteiger partial charge on any atom is 0.264 e. The number of pyridine rings is 1. The Kier molecular flexibility index (Phi) is 6.22. The highest BCUT2D eigenvalue weighted by Crippen LogP contribution is 2.25. The Hall–Kier alpha value is -3.59. The summed E-state index contributed by atoms with van der Waals surface area (Å²) in [6, 6.07) is 15.7. The molecule has 0 aliphatic carbocycles. The molecule has 0 fully saturated rings. The lowest BCUT2D eigenvalue weighted by atomic mass is 10.2. The van der Waals surface area contributed by atoms with Crippen LogP contribution < -0.4 is 19.1 Å². The van der Waals surface area contributed by atoms with Crippen LogP contribution in [0, 0.1) is 0 Å². The summed E-state index contributed by atoms with van der Waals surface area (Å²) in [5, 5.41) is 2.68. The molecule has 0 atom stereocenters. The fourth-order valence-corrected chi connectivity index (χ4v) is 3.91. The molecule has 0 aliphatic rings. The quantitative estimate of drug-likeness (QED) is 0.622. The molecule has 0 saturated heterocycles. The van der Waals surface area contributed by atoms with Crippen molar-refractivity contribution in [3.63, 3.8) is 0 Å². The molecule has 156 valence electrons. The maximum absolute atomic E-state index is 13.0. The molecule has 1 N–H and O–H groups in total. The summed E-state index contributed by atoms with van der Waals surface area (Å²) in [6.07, 6.45) is 1.45. The number of carbonyl (C=O) groups is 1. The largest absolute Gasteiger partial charge is 0.497 e. The third-order valence-electron chi connectivity index (χ3n) is 4.39. The van der Waals surface area contributed by atoms with E-state index in [2.05, 4.69) is 10.3 Å². The lowest BCUT2D eigenvalue weighted by molar-refractivity contribution is 0.102. The topological polar surface area (TPSA) is 97.8 Å². The van der Waals surface area contributed by atoms with Gasteiger partial charge in [-0.3, -0.25) is 9.10 Å². The molecule has 0 spiro atoms. The molecule has 2 aromatic carbocycles. The van der Waals surface area contributed by atoms with Gasteiger partial charge >= 0.3 is 0 Å². The second-order valence-electron chi connectivity index (χ2n) is 6.24. The van der Waals surface area contributed by atoms with E-state index in [9.17, 15) is 13.2 Å². The van der Waals surface area contributed by atoms with Gasteiger partial charge in [-0.05, 0) is 48.5 Å². The van der Waals surface area contributed by atoms with Gasteiger partial charge in [0.2, 0.25) is 5.88 Å². The minimum Gasteiger partial charge on any atom is -0.497 e. The van der Waals surface area contributed by atoms with E-state index in [1.165, 1.54) is 45.7 Å². The monoisotopic (exact) mass is 427 g/mol. The first-order valence-electron chi connectivity index (χ1n) is 8.89. The summed E-state index contributed by atoms with van der Waals surface area (Å²) in [4.78, 5) is 16.6. The van der Waals surface area contributed by atoms with Crippen LogP contribution in [0.5, 0.6) is 11.6 Å². The predicted octanol–water partition coefficient (Wildman–Crippen LogP) is 3.18. The zero-order valence-corrected chi connectivity index (χ0v) is 17.5. The van der Waals surface area contributed by atoms with Crippen molar-refractivity contribution in [1.82, 2.24) is 4.98 Å². The Labute approximate surface area is 175 Å². The first-order valence-corrected chi connectivity index (χ1v) is 10.3. The summed E-state index contributed by atoms with van der Waals surface area (Å²) < 4.78 is 37.3. The molecule has 1 aromatic heterocycles. The van der Waals surface area contributed by atoms with Gasteiger partial charge in [-0.25, -0.2) is 13.4 Å². The van der Waals surface area contributed by atoms with Gasteiger partial charge in [0.25, 0.3) is 15.9 Å². The molecule has 0 saturated carbocycles. The zero-order valence-electron chi connectivity index (χ0n) is 16.7. The number of sulfonamides is 1. The number of anilines is 2. The predicted molar refractivity (Wildman–Crippen MR) is 114 cm³/mol. The van der Waals surface area contributed by atoms with Gasteiger partial charge in [-0.1, -0.05) is 6.07 Å². The molecule has 0 radical (unpaired) electrons. The van der Waals surface area contributed by atoms with Gasteiger partial charge in [0, 0.05) is 18.7 Å². The molecule has 0 aliphatic heterocycles. The number of hydrogen-bond acceptors (Lipinski definition) is 6. The highest BCUT2D eigenvalue weighted by molar-refractivity contribution is 7.92. The smallest absolute Gasteiger partial charge is 0.264 e. The molecule has 30 heavy (non-hydrogen) atoms. The van der Waals surface area contributed by atoms with E-state index >= 15 is 0 Å². The molecular weight excluding hydrogens is 406 g/mol. The van der Waals surface area contributed by atoms with Gasteiger partial charge in [-0.2, -0.15) is 0 Å². The second-order valence-corrected chi connectivity index (χ2v) is 8.21. The Bertz CT molecular complexity index is 1130. The first-order chi connectivity index (χ1) is 14.3. The van der Waals surface area contributed by atoms with Crippen LogP contribution in [-0.4, -0.2) is 40.6 Å². The molecular formula is C21H21N3O5S. The average Bonchev–Trinajstić information content (AvgIpc) is 2.79.